The smallest absolute Gasteiger partial charge is 0.387 e. The Balaban J connectivity index is 2.55. The fourth-order valence-corrected chi connectivity index (χ4v) is 1.47. The Morgan fingerprint density at radius 3 is 2.47 bits per heavy atom. The Hall–Kier alpha value is -1.15. The van der Waals surface area contributed by atoms with Crippen LogP contribution >= 0.6 is 15.9 Å². The lowest BCUT2D eigenvalue weighted by atomic mass is 10.0. The molecule has 5 heteroatoms. The van der Waals surface area contributed by atoms with Crippen molar-refractivity contribution in [1.29, 1.82) is 5.26 Å². The fraction of sp³-hybridized carbons (Fsp3) is 0.417. The molecule has 0 aliphatic carbocycles. The molecular weight excluding hydrogens is 292 g/mol. The average molecular weight is 304 g/mol. The van der Waals surface area contributed by atoms with Crippen LogP contribution in [-0.4, -0.2) is 10.9 Å². The van der Waals surface area contributed by atoms with Gasteiger partial charge in [0.05, 0.1) is 6.07 Å². The molecule has 1 aromatic rings. The van der Waals surface area contributed by atoms with Crippen LogP contribution in [0.4, 0.5) is 8.78 Å². The average Bonchev–Trinajstić information content (AvgIpc) is 2.28. The maximum atomic E-state index is 11.9. The van der Waals surface area contributed by atoms with E-state index in [1.54, 1.807) is 19.1 Å². The second-order valence-electron chi connectivity index (χ2n) is 3.83. The molecule has 0 fully saturated rings. The molecule has 0 N–H and O–H groups in total. The number of ether oxygens (including phenoxy) is 1. The van der Waals surface area contributed by atoms with E-state index in [0.717, 1.165) is 5.56 Å². The molecule has 0 heterocycles. The highest BCUT2D eigenvalue weighted by Gasteiger charge is 2.18. The van der Waals surface area contributed by atoms with Crippen molar-refractivity contribution in [3.05, 3.63) is 29.8 Å². The van der Waals surface area contributed by atoms with E-state index in [2.05, 4.69) is 26.7 Å². The molecule has 1 rings (SSSR count). The highest BCUT2D eigenvalue weighted by atomic mass is 79.9. The SMILES string of the molecule is CC(Br)(C#N)CCc1ccc(OC(F)F)cc1. The van der Waals surface area contributed by atoms with E-state index in [9.17, 15) is 8.78 Å². The van der Waals surface area contributed by atoms with Crippen molar-refractivity contribution in [2.24, 2.45) is 0 Å². The second kappa shape index (κ2) is 5.97. The molecule has 0 bridgehead atoms. The van der Waals surface area contributed by atoms with Gasteiger partial charge >= 0.3 is 6.61 Å². The summed E-state index contributed by atoms with van der Waals surface area (Å²) in [7, 11) is 0. The van der Waals surface area contributed by atoms with Gasteiger partial charge in [-0.15, -0.1) is 0 Å². The topological polar surface area (TPSA) is 33.0 Å². The monoisotopic (exact) mass is 303 g/mol. The number of aryl methyl sites for hydroxylation is 1. The molecule has 1 aromatic carbocycles. The summed E-state index contributed by atoms with van der Waals surface area (Å²) < 4.78 is 27.5. The van der Waals surface area contributed by atoms with E-state index in [1.807, 2.05) is 0 Å². The highest BCUT2D eigenvalue weighted by Crippen LogP contribution is 2.23. The van der Waals surface area contributed by atoms with E-state index in [-0.39, 0.29) is 5.75 Å². The number of hydrogen-bond acceptors (Lipinski definition) is 2. The van der Waals surface area contributed by atoms with Crippen molar-refractivity contribution in [2.75, 3.05) is 0 Å². The lowest BCUT2D eigenvalue weighted by Crippen LogP contribution is -2.13. The summed E-state index contributed by atoms with van der Waals surface area (Å²) in [6, 6.07) is 8.58. The normalized spacial score (nSPS) is 14.1. The first-order chi connectivity index (χ1) is 7.93. The molecule has 0 saturated carbocycles. The third kappa shape index (κ3) is 5.14. The molecule has 92 valence electrons. The van der Waals surface area contributed by atoms with E-state index < -0.39 is 10.9 Å². The summed E-state index contributed by atoms with van der Waals surface area (Å²) in [6.07, 6.45) is 1.35. The number of rotatable bonds is 5. The zero-order chi connectivity index (χ0) is 12.9. The molecular formula is C12H12BrF2NO. The van der Waals surface area contributed by atoms with Crippen molar-refractivity contribution in [2.45, 2.75) is 30.7 Å². The second-order valence-corrected chi connectivity index (χ2v) is 5.58. The fourth-order valence-electron chi connectivity index (χ4n) is 1.27. The van der Waals surface area contributed by atoms with Crippen LogP contribution in [0.25, 0.3) is 0 Å². The van der Waals surface area contributed by atoms with E-state index in [1.165, 1.54) is 12.1 Å². The van der Waals surface area contributed by atoms with Gasteiger partial charge in [-0.1, -0.05) is 28.1 Å². The van der Waals surface area contributed by atoms with Gasteiger partial charge in [0.2, 0.25) is 0 Å². The summed E-state index contributed by atoms with van der Waals surface area (Å²) in [5.74, 6) is 0.144. The maximum absolute atomic E-state index is 11.9. The van der Waals surface area contributed by atoms with E-state index in [4.69, 9.17) is 5.26 Å². The molecule has 0 aliphatic heterocycles. The number of alkyl halides is 3. The summed E-state index contributed by atoms with van der Waals surface area (Å²) >= 11 is 3.30. The Labute approximate surface area is 107 Å². The van der Waals surface area contributed by atoms with Crippen molar-refractivity contribution in [1.82, 2.24) is 0 Å². The van der Waals surface area contributed by atoms with Crippen LogP contribution < -0.4 is 4.74 Å². The molecule has 2 nitrogen and oxygen atoms in total. The highest BCUT2D eigenvalue weighted by molar-refractivity contribution is 9.10. The Morgan fingerprint density at radius 2 is 2.00 bits per heavy atom. The molecule has 0 aromatic heterocycles. The standard InChI is InChI=1S/C12H12BrF2NO/c1-12(13,8-16)7-6-9-2-4-10(5-3-9)17-11(14)15/h2-5,11H,6-7H2,1H3. The minimum atomic E-state index is -2.80. The summed E-state index contributed by atoms with van der Waals surface area (Å²) in [5.41, 5.74) is 0.979. The number of halogens is 3. The molecule has 1 unspecified atom stereocenters. The maximum Gasteiger partial charge on any atom is 0.387 e. The van der Waals surface area contributed by atoms with Crippen LogP contribution in [0, 0.1) is 11.3 Å². The van der Waals surface area contributed by atoms with Crippen LogP contribution in [-0.2, 0) is 6.42 Å². The summed E-state index contributed by atoms with van der Waals surface area (Å²) in [6.45, 7) is -1.01. The quantitative estimate of drug-likeness (QED) is 0.773. The van der Waals surface area contributed by atoms with Crippen LogP contribution in [0.5, 0.6) is 5.75 Å². The Kier molecular flexibility index (Phi) is 4.88. The first-order valence-corrected chi connectivity index (χ1v) is 5.86. The zero-order valence-corrected chi connectivity index (χ0v) is 10.9. The predicted molar refractivity (Wildman–Crippen MR) is 64.3 cm³/mol. The number of hydrogen-bond donors (Lipinski definition) is 0. The van der Waals surface area contributed by atoms with Crippen molar-refractivity contribution in [3.63, 3.8) is 0 Å². The summed E-state index contributed by atoms with van der Waals surface area (Å²) in [5, 5.41) is 8.82. The third-order valence-electron chi connectivity index (χ3n) is 2.26. The minimum absolute atomic E-state index is 0.144. The first-order valence-electron chi connectivity index (χ1n) is 5.07. The van der Waals surface area contributed by atoms with Crippen molar-refractivity contribution in [3.8, 4) is 11.8 Å². The van der Waals surface area contributed by atoms with Gasteiger partial charge in [0, 0.05) is 0 Å². The first kappa shape index (κ1) is 13.9. The Bertz CT molecular complexity index is 398. The van der Waals surface area contributed by atoms with Gasteiger partial charge in [-0.3, -0.25) is 0 Å². The zero-order valence-electron chi connectivity index (χ0n) is 9.29. The molecule has 0 amide bonds. The van der Waals surface area contributed by atoms with Gasteiger partial charge in [0.25, 0.3) is 0 Å². The van der Waals surface area contributed by atoms with Crippen LogP contribution in [0.3, 0.4) is 0 Å². The molecule has 0 spiro atoms. The van der Waals surface area contributed by atoms with Crippen molar-refractivity contribution < 1.29 is 13.5 Å². The number of nitriles is 1. The van der Waals surface area contributed by atoms with Crippen molar-refractivity contribution >= 4 is 15.9 Å². The molecule has 0 aliphatic rings. The Morgan fingerprint density at radius 1 is 1.41 bits per heavy atom. The van der Waals surface area contributed by atoms with Crippen LogP contribution in [0.15, 0.2) is 24.3 Å². The third-order valence-corrected chi connectivity index (χ3v) is 2.84. The van der Waals surface area contributed by atoms with Gasteiger partial charge in [-0.25, -0.2) is 0 Å². The molecule has 17 heavy (non-hydrogen) atoms. The number of nitrogens with zero attached hydrogens (tertiary/aromatic N) is 1. The van der Waals surface area contributed by atoms with E-state index in [0.29, 0.717) is 12.8 Å². The predicted octanol–water partition coefficient (Wildman–Crippen LogP) is 3.90. The molecule has 0 radical (unpaired) electrons. The largest absolute Gasteiger partial charge is 0.435 e. The number of benzene rings is 1. The summed E-state index contributed by atoms with van der Waals surface area (Å²) in [4.78, 5) is 0. The van der Waals surface area contributed by atoms with Gasteiger partial charge in [-0.2, -0.15) is 14.0 Å². The lowest BCUT2D eigenvalue weighted by molar-refractivity contribution is -0.0498. The van der Waals surface area contributed by atoms with Gasteiger partial charge in [0.1, 0.15) is 10.1 Å². The van der Waals surface area contributed by atoms with Crippen LogP contribution in [0.1, 0.15) is 18.9 Å². The molecule has 0 saturated heterocycles. The van der Waals surface area contributed by atoms with E-state index >= 15 is 0 Å². The van der Waals surface area contributed by atoms with Gasteiger partial charge < -0.3 is 4.74 Å². The van der Waals surface area contributed by atoms with Gasteiger partial charge in [-0.05, 0) is 37.5 Å². The minimum Gasteiger partial charge on any atom is -0.435 e. The molecule has 1 atom stereocenters. The van der Waals surface area contributed by atoms with Crippen LogP contribution in [0.2, 0.25) is 0 Å². The van der Waals surface area contributed by atoms with Gasteiger partial charge in [0.15, 0.2) is 0 Å². The lowest BCUT2D eigenvalue weighted by Gasteiger charge is -2.12.